The number of anilines is 2. The van der Waals surface area contributed by atoms with Gasteiger partial charge in [-0.1, -0.05) is 13.0 Å². The van der Waals surface area contributed by atoms with Crippen LogP contribution < -0.4 is 25.7 Å². The number of piperidine rings is 3. The molecule has 4 aliphatic rings. The molecule has 20 heteroatoms. The molecule has 5 heterocycles. The zero-order valence-corrected chi connectivity index (χ0v) is 37.1. The summed E-state index contributed by atoms with van der Waals surface area (Å²) in [5.74, 6) is -1.58. The van der Waals surface area contributed by atoms with Gasteiger partial charge in [-0.15, -0.1) is 0 Å². The third kappa shape index (κ3) is 9.64. The first-order chi connectivity index (χ1) is 30.9. The zero-order chi connectivity index (χ0) is 45.1. The molecule has 3 aromatic carbocycles. The SMILES string of the molecule is CCN(C)S(=O)Nc1ccc(F)c(Oc2ccc3ncn(C4COC5(CCN(C(=O)CN6CCC(c7ccc(NC8CCC(=O)NC8=O)cc7SF)CC6)CC5)C4)c(=O)c3c2)c1C#N. The number of aromatic nitrogens is 2. The van der Waals surface area contributed by atoms with Crippen molar-refractivity contribution in [3.05, 3.63) is 82.2 Å². The Bertz CT molecular complexity index is 2580. The van der Waals surface area contributed by atoms with Gasteiger partial charge < -0.3 is 19.7 Å². The number of halogens is 2. The van der Waals surface area contributed by atoms with E-state index in [4.69, 9.17) is 9.47 Å². The third-order valence-electron chi connectivity index (χ3n) is 12.8. The van der Waals surface area contributed by atoms with Gasteiger partial charge in [0.1, 0.15) is 23.4 Å². The Morgan fingerprint density at radius 2 is 1.89 bits per heavy atom. The molecular weight excluding hydrogens is 869 g/mol. The molecule has 3 N–H and O–H groups in total. The molecule has 16 nitrogen and oxygen atoms in total. The molecule has 3 unspecified atom stereocenters. The average molecular weight is 918 g/mol. The Morgan fingerprint density at radius 1 is 1.11 bits per heavy atom. The van der Waals surface area contributed by atoms with E-state index < -0.39 is 28.6 Å². The number of likely N-dealkylation sites (tertiary alicyclic amines) is 2. The quantitative estimate of drug-likeness (QED) is 0.142. The van der Waals surface area contributed by atoms with E-state index >= 15 is 4.39 Å². The molecule has 4 saturated heterocycles. The number of rotatable bonds is 13. The van der Waals surface area contributed by atoms with Crippen LogP contribution in [0.5, 0.6) is 11.5 Å². The second-order valence-electron chi connectivity index (χ2n) is 16.7. The van der Waals surface area contributed by atoms with Crippen molar-refractivity contribution < 1.29 is 36.3 Å². The van der Waals surface area contributed by atoms with E-state index in [0.717, 1.165) is 24.5 Å². The van der Waals surface area contributed by atoms with Crippen molar-refractivity contribution >= 4 is 63.3 Å². The molecule has 3 atom stereocenters. The van der Waals surface area contributed by atoms with Crippen LogP contribution in [0, 0.1) is 17.1 Å². The number of imide groups is 1. The molecule has 8 rings (SSSR count). The maximum Gasteiger partial charge on any atom is 0.261 e. The molecule has 338 valence electrons. The number of hydrogen-bond acceptors (Lipinski definition) is 12. The van der Waals surface area contributed by atoms with Crippen molar-refractivity contribution in [1.29, 1.82) is 5.26 Å². The summed E-state index contributed by atoms with van der Waals surface area (Å²) in [6.45, 7) is 5.28. The van der Waals surface area contributed by atoms with Gasteiger partial charge in [0.15, 0.2) is 22.7 Å². The first kappa shape index (κ1) is 45.1. The van der Waals surface area contributed by atoms with E-state index in [-0.39, 0.29) is 88.5 Å². The Balaban J connectivity index is 0.846. The highest BCUT2D eigenvalue weighted by molar-refractivity contribution is 7.94. The van der Waals surface area contributed by atoms with Gasteiger partial charge >= 0.3 is 0 Å². The van der Waals surface area contributed by atoms with Crippen molar-refractivity contribution in [3.8, 4) is 17.6 Å². The van der Waals surface area contributed by atoms with Crippen molar-refractivity contribution in [2.45, 2.75) is 80.4 Å². The van der Waals surface area contributed by atoms with Crippen molar-refractivity contribution in [2.24, 2.45) is 0 Å². The molecule has 4 fully saturated rings. The van der Waals surface area contributed by atoms with Gasteiger partial charge in [0, 0.05) is 43.7 Å². The number of hydrogen-bond donors (Lipinski definition) is 3. The molecule has 4 aromatic rings. The largest absolute Gasteiger partial charge is 0.453 e. The van der Waals surface area contributed by atoms with Crippen LogP contribution in [0.25, 0.3) is 10.9 Å². The number of ether oxygens (including phenoxy) is 2. The lowest BCUT2D eigenvalue weighted by Crippen LogP contribution is -2.50. The van der Waals surface area contributed by atoms with E-state index in [1.807, 2.05) is 30.0 Å². The molecule has 1 spiro atoms. The minimum atomic E-state index is -1.68. The summed E-state index contributed by atoms with van der Waals surface area (Å²) in [6.07, 6.45) is 5.46. The fourth-order valence-corrected chi connectivity index (χ4v) is 10.2. The van der Waals surface area contributed by atoms with Crippen LogP contribution >= 0.6 is 12.1 Å². The molecule has 3 amide bonds. The van der Waals surface area contributed by atoms with Crippen LogP contribution in [-0.2, 0) is 30.3 Å². The van der Waals surface area contributed by atoms with Crippen LogP contribution in [0.3, 0.4) is 0 Å². The zero-order valence-electron chi connectivity index (χ0n) is 35.4. The maximum absolute atomic E-state index is 15.1. The lowest BCUT2D eigenvalue weighted by molar-refractivity contribution is -0.137. The van der Waals surface area contributed by atoms with E-state index in [9.17, 15) is 32.5 Å². The van der Waals surface area contributed by atoms with E-state index in [1.165, 1.54) is 28.8 Å². The highest BCUT2D eigenvalue weighted by Gasteiger charge is 2.44. The minimum Gasteiger partial charge on any atom is -0.453 e. The molecule has 0 saturated carbocycles. The van der Waals surface area contributed by atoms with Gasteiger partial charge in [0.05, 0.1) is 59.9 Å². The lowest BCUT2D eigenvalue weighted by Gasteiger charge is -2.40. The summed E-state index contributed by atoms with van der Waals surface area (Å²) in [5.41, 5.74) is 1.04. The molecule has 0 radical (unpaired) electrons. The van der Waals surface area contributed by atoms with Crippen LogP contribution in [0.1, 0.15) is 75.0 Å². The molecule has 4 aliphatic heterocycles. The number of amides is 3. The summed E-state index contributed by atoms with van der Waals surface area (Å²) in [7, 11) is 1.63. The van der Waals surface area contributed by atoms with Gasteiger partial charge in [-0.3, -0.25) is 38.7 Å². The van der Waals surface area contributed by atoms with Gasteiger partial charge in [-0.25, -0.2) is 17.9 Å². The van der Waals surface area contributed by atoms with Gasteiger partial charge in [0.2, 0.25) is 17.7 Å². The van der Waals surface area contributed by atoms with Gasteiger partial charge in [0.25, 0.3) is 5.56 Å². The van der Waals surface area contributed by atoms with Crippen LogP contribution in [0.2, 0.25) is 0 Å². The Kier molecular flexibility index (Phi) is 13.6. The topological polar surface area (TPSA) is 191 Å². The van der Waals surface area contributed by atoms with Crippen molar-refractivity contribution in [3.63, 3.8) is 0 Å². The van der Waals surface area contributed by atoms with Crippen molar-refractivity contribution in [1.82, 2.24) is 29.0 Å². The lowest BCUT2D eigenvalue weighted by atomic mass is 9.87. The number of nitriles is 1. The van der Waals surface area contributed by atoms with Crippen LogP contribution in [0.4, 0.5) is 19.7 Å². The van der Waals surface area contributed by atoms with E-state index in [1.54, 1.807) is 23.7 Å². The minimum absolute atomic E-state index is 0.0449. The van der Waals surface area contributed by atoms with Crippen LogP contribution in [0.15, 0.2) is 64.5 Å². The standard InChI is InChI=1S/C44H49F2N9O7S2/c1-3-52(2)64(60)51-36-9-7-34(45)41(33(36)23-47)62-30-5-8-35-32(21-30)43(59)55(26-48-35)29-22-44(61-25-29)14-18-54(19-15-44)40(57)24-53-16-12-27(13-17-53)31-6-4-28(20-38(31)63-46)49-37-10-11-39(56)50-42(37)58/h4-9,20-21,26-27,29,37,49,51H,3,10-19,22,24-25H2,1-2H3,(H,50,56,58). The number of nitrogens with one attached hydrogen (secondary N) is 3. The first-order valence-corrected chi connectivity index (χ1v) is 23.2. The third-order valence-corrected chi connectivity index (χ3v) is 14.5. The van der Waals surface area contributed by atoms with Crippen molar-refractivity contribution in [2.75, 3.05) is 63.0 Å². The van der Waals surface area contributed by atoms with E-state index in [2.05, 4.69) is 25.2 Å². The highest BCUT2D eigenvalue weighted by atomic mass is 32.2. The van der Waals surface area contributed by atoms with Crippen LogP contribution in [-0.4, -0.2) is 110 Å². The second kappa shape index (κ2) is 19.3. The highest BCUT2D eigenvalue weighted by Crippen LogP contribution is 2.41. The number of nitrogens with zero attached hydrogens (tertiary/aromatic N) is 6. The smallest absolute Gasteiger partial charge is 0.261 e. The normalized spacial score (nSPS) is 20.9. The number of fused-ring (bicyclic) bond motifs is 1. The average Bonchev–Trinajstić information content (AvgIpc) is 3.71. The summed E-state index contributed by atoms with van der Waals surface area (Å²) in [6, 6.07) is 13.5. The van der Waals surface area contributed by atoms with E-state index in [0.29, 0.717) is 81.1 Å². The fourth-order valence-electron chi connectivity index (χ4n) is 8.96. The first-order valence-electron chi connectivity index (χ1n) is 21.4. The fraction of sp³-hybridized carbons (Fsp3) is 0.455. The summed E-state index contributed by atoms with van der Waals surface area (Å²) in [4.78, 5) is 60.2. The number of carbonyl (C=O) groups excluding carboxylic acids is 3. The Labute approximate surface area is 375 Å². The molecule has 0 aliphatic carbocycles. The second-order valence-corrected chi connectivity index (χ2v) is 18.6. The predicted octanol–water partition coefficient (Wildman–Crippen LogP) is 5.54. The maximum atomic E-state index is 15.1. The molecular formula is C44H49F2N9O7S2. The molecule has 64 heavy (non-hydrogen) atoms. The molecule has 1 aromatic heterocycles. The summed E-state index contributed by atoms with van der Waals surface area (Å²) < 4.78 is 59.9. The predicted molar refractivity (Wildman–Crippen MR) is 237 cm³/mol. The Hall–Kier alpha value is -5.46. The number of carbonyl (C=O) groups is 3. The van der Waals surface area contributed by atoms with Gasteiger partial charge in [-0.05, 0) is 106 Å². The monoisotopic (exact) mass is 917 g/mol. The molecule has 0 bridgehead atoms. The van der Waals surface area contributed by atoms with Gasteiger partial charge in [-0.2, -0.15) is 9.15 Å². The Morgan fingerprint density at radius 3 is 2.61 bits per heavy atom. The summed E-state index contributed by atoms with van der Waals surface area (Å²) >= 11 is -1.51. The summed E-state index contributed by atoms with van der Waals surface area (Å²) in [5, 5.41) is 15.6. The number of benzene rings is 3.